The predicted octanol–water partition coefficient (Wildman–Crippen LogP) is 2.93. The number of amides is 1. The highest BCUT2D eigenvalue weighted by atomic mass is 16.3. The van der Waals surface area contributed by atoms with Crippen LogP contribution >= 0.6 is 0 Å². The minimum absolute atomic E-state index is 0.0155. The summed E-state index contributed by atoms with van der Waals surface area (Å²) >= 11 is 0. The largest absolute Gasteiger partial charge is 0.508 e. The van der Waals surface area contributed by atoms with Crippen molar-refractivity contribution < 1.29 is 9.90 Å². The third-order valence-electron chi connectivity index (χ3n) is 4.01. The van der Waals surface area contributed by atoms with Gasteiger partial charge in [0.15, 0.2) is 0 Å². The molecular weight excluding hydrogens is 302 g/mol. The Morgan fingerprint density at radius 1 is 1.33 bits per heavy atom. The third-order valence-corrected chi connectivity index (χ3v) is 4.01. The number of likely N-dealkylation sites (N-methyl/N-ethyl adjacent to an activating group) is 1. The van der Waals surface area contributed by atoms with E-state index in [4.69, 9.17) is 0 Å². The van der Waals surface area contributed by atoms with Crippen molar-refractivity contribution in [3.63, 3.8) is 0 Å². The van der Waals surface area contributed by atoms with Crippen LogP contribution in [0.1, 0.15) is 11.1 Å². The third kappa shape index (κ3) is 3.23. The Kier molecular flexibility index (Phi) is 4.21. The van der Waals surface area contributed by atoms with E-state index in [1.54, 1.807) is 12.1 Å². The summed E-state index contributed by atoms with van der Waals surface area (Å²) in [7, 11) is 2.04. The maximum atomic E-state index is 12.3. The van der Waals surface area contributed by atoms with E-state index in [-0.39, 0.29) is 11.3 Å². The molecule has 0 unspecified atom stereocenters. The Balaban J connectivity index is 1.79. The molecule has 5 nitrogen and oxygen atoms in total. The van der Waals surface area contributed by atoms with E-state index in [2.05, 4.69) is 10.2 Å². The van der Waals surface area contributed by atoms with Crippen molar-refractivity contribution in [2.75, 3.05) is 23.8 Å². The van der Waals surface area contributed by atoms with Gasteiger partial charge in [-0.25, -0.2) is 0 Å². The number of hydrogen-bond acceptors (Lipinski definition) is 4. The summed E-state index contributed by atoms with van der Waals surface area (Å²) in [5.41, 5.74) is 3.61. The summed E-state index contributed by atoms with van der Waals surface area (Å²) in [5.74, 6) is -0.378. The average Bonchev–Trinajstić information content (AvgIpc) is 2.93. The number of anilines is 2. The van der Waals surface area contributed by atoms with Gasteiger partial charge in [-0.2, -0.15) is 5.26 Å². The van der Waals surface area contributed by atoms with Gasteiger partial charge in [0.25, 0.3) is 5.91 Å². The Hall–Kier alpha value is -3.26. The molecule has 0 fully saturated rings. The Labute approximate surface area is 140 Å². The van der Waals surface area contributed by atoms with Crippen LogP contribution in [-0.2, 0) is 11.2 Å². The number of nitrogens with one attached hydrogen (secondary N) is 1. The number of rotatable bonds is 3. The zero-order valence-electron chi connectivity index (χ0n) is 13.3. The fourth-order valence-corrected chi connectivity index (χ4v) is 2.77. The summed E-state index contributed by atoms with van der Waals surface area (Å²) in [6.07, 6.45) is 2.40. The molecule has 0 radical (unpaired) electrons. The lowest BCUT2D eigenvalue weighted by molar-refractivity contribution is -0.112. The van der Waals surface area contributed by atoms with Gasteiger partial charge in [0.1, 0.15) is 17.4 Å². The minimum Gasteiger partial charge on any atom is -0.508 e. The molecule has 3 rings (SSSR count). The highest BCUT2D eigenvalue weighted by Crippen LogP contribution is 2.29. The molecule has 0 atom stereocenters. The molecule has 1 heterocycles. The van der Waals surface area contributed by atoms with E-state index in [0.29, 0.717) is 11.3 Å². The molecule has 24 heavy (non-hydrogen) atoms. The lowest BCUT2D eigenvalue weighted by Crippen LogP contribution is -2.14. The Morgan fingerprint density at radius 3 is 2.92 bits per heavy atom. The van der Waals surface area contributed by atoms with Crippen molar-refractivity contribution in [1.29, 1.82) is 5.26 Å². The maximum Gasteiger partial charge on any atom is 0.266 e. The van der Waals surface area contributed by atoms with Gasteiger partial charge in [-0.05, 0) is 54.0 Å². The molecule has 1 aliphatic rings. The Bertz CT molecular complexity index is 865. The number of nitriles is 1. The van der Waals surface area contributed by atoms with E-state index in [9.17, 15) is 15.2 Å². The van der Waals surface area contributed by atoms with Gasteiger partial charge in [-0.1, -0.05) is 12.1 Å². The molecule has 1 amide bonds. The van der Waals surface area contributed by atoms with Crippen LogP contribution < -0.4 is 10.2 Å². The van der Waals surface area contributed by atoms with Crippen LogP contribution in [0.4, 0.5) is 11.4 Å². The number of phenols is 1. The summed E-state index contributed by atoms with van der Waals surface area (Å²) in [6.45, 7) is 0.966. The number of benzene rings is 2. The fourth-order valence-electron chi connectivity index (χ4n) is 2.77. The Morgan fingerprint density at radius 2 is 2.17 bits per heavy atom. The van der Waals surface area contributed by atoms with Crippen molar-refractivity contribution in [2.24, 2.45) is 0 Å². The van der Waals surface area contributed by atoms with Crippen LogP contribution in [0, 0.1) is 11.3 Å². The molecule has 2 aromatic carbocycles. The van der Waals surface area contributed by atoms with E-state index in [1.807, 2.05) is 31.3 Å². The maximum absolute atomic E-state index is 12.3. The molecule has 0 saturated heterocycles. The molecule has 0 spiro atoms. The molecule has 0 saturated carbocycles. The minimum atomic E-state index is -0.466. The number of hydrogen-bond donors (Lipinski definition) is 2. The summed E-state index contributed by atoms with van der Waals surface area (Å²) in [4.78, 5) is 14.5. The lowest BCUT2D eigenvalue weighted by Gasteiger charge is -2.12. The molecule has 2 N–H and O–H groups in total. The first-order valence-corrected chi connectivity index (χ1v) is 7.63. The summed E-state index contributed by atoms with van der Waals surface area (Å²) in [5, 5.41) is 21.5. The molecule has 0 aromatic heterocycles. The number of phenolic OH excluding ortho intramolecular Hbond substituents is 1. The number of carbonyl (C=O) groups is 1. The zero-order chi connectivity index (χ0) is 17.1. The standard InChI is InChI=1S/C19H17N3O2/c1-22-8-7-14-11-16(5-6-18(14)22)21-19(24)15(12-20)9-13-3-2-4-17(23)10-13/h2-6,9-11,23H,7-8H2,1H3,(H,21,24)/b15-9+. The van der Waals surface area contributed by atoms with Crippen LogP contribution in [0.15, 0.2) is 48.0 Å². The van der Waals surface area contributed by atoms with Gasteiger partial charge in [0.2, 0.25) is 0 Å². The van der Waals surface area contributed by atoms with Crippen LogP contribution in [0.3, 0.4) is 0 Å². The monoisotopic (exact) mass is 319 g/mol. The van der Waals surface area contributed by atoms with Crippen molar-refractivity contribution >= 4 is 23.4 Å². The molecule has 1 aliphatic heterocycles. The second-order valence-corrected chi connectivity index (χ2v) is 5.73. The molecule has 0 bridgehead atoms. The van der Waals surface area contributed by atoms with Crippen molar-refractivity contribution in [1.82, 2.24) is 0 Å². The highest BCUT2D eigenvalue weighted by Gasteiger charge is 2.17. The van der Waals surface area contributed by atoms with Gasteiger partial charge in [0, 0.05) is 25.0 Å². The van der Waals surface area contributed by atoms with Crippen LogP contribution in [0.5, 0.6) is 5.75 Å². The molecule has 0 aliphatic carbocycles. The fraction of sp³-hybridized carbons (Fsp3) is 0.158. The van der Waals surface area contributed by atoms with E-state index in [0.717, 1.165) is 13.0 Å². The summed E-state index contributed by atoms with van der Waals surface area (Å²) in [6, 6.07) is 14.1. The average molecular weight is 319 g/mol. The molecule has 5 heteroatoms. The lowest BCUT2D eigenvalue weighted by atomic mass is 10.1. The normalized spacial score (nSPS) is 13.3. The van der Waals surface area contributed by atoms with Crippen LogP contribution in [0.2, 0.25) is 0 Å². The zero-order valence-corrected chi connectivity index (χ0v) is 13.3. The topological polar surface area (TPSA) is 76.4 Å². The van der Waals surface area contributed by atoms with Gasteiger partial charge in [-0.15, -0.1) is 0 Å². The second kappa shape index (κ2) is 6.47. The molecule has 120 valence electrons. The first-order chi connectivity index (χ1) is 11.6. The summed E-state index contributed by atoms with van der Waals surface area (Å²) < 4.78 is 0. The van der Waals surface area contributed by atoms with Gasteiger partial charge in [-0.3, -0.25) is 4.79 Å². The van der Waals surface area contributed by atoms with Crippen LogP contribution in [0.25, 0.3) is 6.08 Å². The van der Waals surface area contributed by atoms with Gasteiger partial charge < -0.3 is 15.3 Å². The van der Waals surface area contributed by atoms with Crippen molar-refractivity contribution in [3.8, 4) is 11.8 Å². The SMILES string of the molecule is CN1CCc2cc(NC(=O)/C(C#N)=C/c3cccc(O)c3)ccc21. The molecule has 2 aromatic rings. The van der Waals surface area contributed by atoms with Crippen molar-refractivity contribution in [2.45, 2.75) is 6.42 Å². The van der Waals surface area contributed by atoms with Gasteiger partial charge in [0.05, 0.1) is 0 Å². The number of aromatic hydroxyl groups is 1. The number of nitrogens with zero attached hydrogens (tertiary/aromatic N) is 2. The quantitative estimate of drug-likeness (QED) is 0.673. The number of carbonyl (C=O) groups excluding carboxylic acids is 1. The first kappa shape index (κ1) is 15.6. The molecular formula is C19H17N3O2. The first-order valence-electron chi connectivity index (χ1n) is 7.63. The van der Waals surface area contributed by atoms with E-state index < -0.39 is 5.91 Å². The number of fused-ring (bicyclic) bond motifs is 1. The van der Waals surface area contributed by atoms with Crippen LogP contribution in [-0.4, -0.2) is 24.6 Å². The predicted molar refractivity (Wildman–Crippen MR) is 93.7 cm³/mol. The van der Waals surface area contributed by atoms with E-state index in [1.165, 1.54) is 29.5 Å². The second-order valence-electron chi connectivity index (χ2n) is 5.73. The van der Waals surface area contributed by atoms with Crippen molar-refractivity contribution in [3.05, 3.63) is 59.2 Å². The van der Waals surface area contributed by atoms with E-state index >= 15 is 0 Å². The smallest absolute Gasteiger partial charge is 0.266 e. The highest BCUT2D eigenvalue weighted by molar-refractivity contribution is 6.09. The van der Waals surface area contributed by atoms with Gasteiger partial charge >= 0.3 is 0 Å².